The lowest BCUT2D eigenvalue weighted by Crippen LogP contribution is -2.26. The fourth-order valence-corrected chi connectivity index (χ4v) is 4.72. The molecule has 0 bridgehead atoms. The molecular weight excluding hydrogens is 390 g/mol. The second-order valence-electron chi connectivity index (χ2n) is 7.19. The van der Waals surface area contributed by atoms with Gasteiger partial charge >= 0.3 is 5.97 Å². The fourth-order valence-electron chi connectivity index (χ4n) is 3.89. The van der Waals surface area contributed by atoms with Crippen molar-refractivity contribution in [2.75, 3.05) is 31.4 Å². The summed E-state index contributed by atoms with van der Waals surface area (Å²) in [6, 6.07) is 0.883. The molecule has 2 aliphatic rings. The highest BCUT2D eigenvalue weighted by Crippen LogP contribution is 2.40. The summed E-state index contributed by atoms with van der Waals surface area (Å²) >= 11 is 1.57. The minimum Gasteiger partial charge on any atom is -0.477 e. The molecule has 2 unspecified atom stereocenters. The van der Waals surface area contributed by atoms with Crippen LogP contribution in [-0.2, 0) is 4.74 Å². The number of carboxylic acid groups (broad SMARTS) is 1. The van der Waals surface area contributed by atoms with E-state index in [0.717, 1.165) is 18.9 Å². The van der Waals surface area contributed by atoms with Gasteiger partial charge in [-0.15, -0.1) is 0 Å². The molecule has 150 valence electrons. The number of fused-ring (bicyclic) bond motifs is 1. The first-order valence-electron chi connectivity index (χ1n) is 8.98. The topological polar surface area (TPSA) is 71.8 Å². The van der Waals surface area contributed by atoms with Crippen LogP contribution in [0.25, 0.3) is 10.9 Å². The van der Waals surface area contributed by atoms with Gasteiger partial charge in [0.1, 0.15) is 17.1 Å². The van der Waals surface area contributed by atoms with Gasteiger partial charge in [-0.05, 0) is 25.2 Å². The number of pyridine rings is 1. The van der Waals surface area contributed by atoms with Gasteiger partial charge in [-0.1, -0.05) is 0 Å². The van der Waals surface area contributed by atoms with Crippen molar-refractivity contribution in [3.05, 3.63) is 39.7 Å². The van der Waals surface area contributed by atoms with E-state index in [1.165, 1.54) is 10.8 Å². The van der Waals surface area contributed by atoms with Crippen LogP contribution in [0.15, 0.2) is 17.1 Å². The van der Waals surface area contributed by atoms with Gasteiger partial charge in [-0.3, -0.25) is 4.79 Å². The van der Waals surface area contributed by atoms with E-state index in [1.54, 1.807) is 23.8 Å². The van der Waals surface area contributed by atoms with Crippen molar-refractivity contribution in [1.29, 1.82) is 0 Å². The van der Waals surface area contributed by atoms with E-state index in [9.17, 15) is 19.1 Å². The number of carboxylic acids is 1. The molecular formula is C19H20F2N2O4S. The van der Waals surface area contributed by atoms with Gasteiger partial charge in [0.2, 0.25) is 5.43 Å². The summed E-state index contributed by atoms with van der Waals surface area (Å²) in [5.41, 5.74) is -1.57. The predicted octanol–water partition coefficient (Wildman–Crippen LogP) is 2.88. The Morgan fingerprint density at radius 2 is 2.04 bits per heavy atom. The van der Waals surface area contributed by atoms with Crippen molar-refractivity contribution >= 4 is 34.3 Å². The molecule has 1 saturated heterocycles. The average molecular weight is 410 g/mol. The summed E-state index contributed by atoms with van der Waals surface area (Å²) in [6.07, 6.45) is 4.46. The molecule has 2 fully saturated rings. The quantitative estimate of drug-likeness (QED) is 0.817. The number of anilines is 1. The molecule has 0 amide bonds. The zero-order valence-corrected chi connectivity index (χ0v) is 16.3. The highest BCUT2D eigenvalue weighted by Gasteiger charge is 2.37. The van der Waals surface area contributed by atoms with Gasteiger partial charge in [-0.25, -0.2) is 13.6 Å². The van der Waals surface area contributed by atoms with Crippen molar-refractivity contribution in [1.82, 2.24) is 4.57 Å². The fraction of sp³-hybridized carbons (Fsp3) is 0.474. The summed E-state index contributed by atoms with van der Waals surface area (Å²) in [6.45, 7) is 0.752. The van der Waals surface area contributed by atoms with E-state index in [2.05, 4.69) is 0 Å². The molecule has 1 N–H and O–H groups in total. The van der Waals surface area contributed by atoms with Crippen molar-refractivity contribution in [2.45, 2.75) is 30.2 Å². The number of nitrogens with zero attached hydrogens (tertiary/aromatic N) is 2. The minimum absolute atomic E-state index is 0.0320. The van der Waals surface area contributed by atoms with Crippen LogP contribution in [0.4, 0.5) is 14.5 Å². The molecule has 0 spiro atoms. The number of aromatic nitrogens is 1. The maximum absolute atomic E-state index is 15.6. The highest BCUT2D eigenvalue weighted by atomic mass is 32.2. The molecule has 1 aromatic carbocycles. The smallest absolute Gasteiger partial charge is 0.341 e. The molecule has 4 rings (SSSR count). The maximum Gasteiger partial charge on any atom is 0.341 e. The zero-order valence-electron chi connectivity index (χ0n) is 15.4. The number of ether oxygens (including phenoxy) is 1. The van der Waals surface area contributed by atoms with Crippen molar-refractivity contribution in [2.24, 2.45) is 0 Å². The second-order valence-corrected chi connectivity index (χ2v) is 8.26. The number of aromatic carboxylic acids is 1. The second kappa shape index (κ2) is 7.04. The van der Waals surface area contributed by atoms with Crippen molar-refractivity contribution < 1.29 is 23.4 Å². The molecule has 2 heterocycles. The van der Waals surface area contributed by atoms with Crippen LogP contribution in [0, 0.1) is 11.6 Å². The average Bonchev–Trinajstić information content (AvgIpc) is 3.42. The normalized spacial score (nSPS) is 22.2. The van der Waals surface area contributed by atoms with E-state index >= 15 is 4.39 Å². The Balaban J connectivity index is 1.93. The largest absolute Gasteiger partial charge is 0.477 e. The third-order valence-electron chi connectivity index (χ3n) is 5.49. The van der Waals surface area contributed by atoms with Crippen LogP contribution >= 0.6 is 11.8 Å². The maximum atomic E-state index is 15.6. The van der Waals surface area contributed by atoms with Crippen molar-refractivity contribution in [3.63, 3.8) is 0 Å². The van der Waals surface area contributed by atoms with Crippen LogP contribution in [0.3, 0.4) is 0 Å². The number of hydrogen-bond acceptors (Lipinski definition) is 5. The first kappa shape index (κ1) is 19.2. The SMILES string of the molecule is COC1CN(c2c(F)cc3c(=O)c(C(=O)O)cn(C4CC4)c3c2F)CC1SC. The van der Waals surface area contributed by atoms with E-state index in [4.69, 9.17) is 4.74 Å². The first-order valence-corrected chi connectivity index (χ1v) is 10.3. The third-order valence-corrected chi connectivity index (χ3v) is 6.55. The van der Waals surface area contributed by atoms with Gasteiger partial charge in [0.05, 0.1) is 17.0 Å². The number of carbonyl (C=O) groups is 1. The van der Waals surface area contributed by atoms with Crippen LogP contribution in [0.2, 0.25) is 0 Å². The van der Waals surface area contributed by atoms with E-state index in [0.29, 0.717) is 13.1 Å². The number of benzene rings is 1. The monoisotopic (exact) mass is 410 g/mol. The zero-order chi connectivity index (χ0) is 20.2. The van der Waals surface area contributed by atoms with Crippen LogP contribution in [-0.4, -0.2) is 53.5 Å². The Bertz CT molecular complexity index is 1010. The molecule has 1 saturated carbocycles. The summed E-state index contributed by atoms with van der Waals surface area (Å²) in [5.74, 6) is -3.10. The molecule has 1 aromatic heterocycles. The minimum atomic E-state index is -1.41. The molecule has 9 heteroatoms. The van der Waals surface area contributed by atoms with Gasteiger partial charge in [0, 0.05) is 37.7 Å². The molecule has 28 heavy (non-hydrogen) atoms. The Morgan fingerprint density at radius 1 is 1.32 bits per heavy atom. The summed E-state index contributed by atoms with van der Waals surface area (Å²) in [5, 5.41) is 9.13. The Morgan fingerprint density at radius 3 is 2.57 bits per heavy atom. The first-order chi connectivity index (χ1) is 13.4. The standard InChI is InChI=1S/C19H20F2N2O4S/c1-27-13-7-22(8-14(13)28-2)17-12(20)5-10-16(15(17)21)23(9-3-4-9)6-11(18(10)24)19(25)26/h5-6,9,13-14H,3-4,7-8H2,1-2H3,(H,25,26). The highest BCUT2D eigenvalue weighted by molar-refractivity contribution is 7.99. The van der Waals surface area contributed by atoms with E-state index in [1.807, 2.05) is 6.26 Å². The Labute approximate surface area is 164 Å². The third kappa shape index (κ3) is 2.97. The van der Waals surface area contributed by atoms with Crippen LogP contribution < -0.4 is 10.3 Å². The Kier molecular flexibility index (Phi) is 4.83. The van der Waals surface area contributed by atoms with E-state index < -0.39 is 28.6 Å². The van der Waals surface area contributed by atoms with Gasteiger partial charge in [0.25, 0.3) is 0 Å². The molecule has 2 aromatic rings. The molecule has 1 aliphatic carbocycles. The molecule has 1 aliphatic heterocycles. The van der Waals surface area contributed by atoms with E-state index in [-0.39, 0.29) is 34.0 Å². The molecule has 2 atom stereocenters. The van der Waals surface area contributed by atoms with Crippen molar-refractivity contribution in [3.8, 4) is 0 Å². The lowest BCUT2D eigenvalue weighted by atomic mass is 10.1. The van der Waals surface area contributed by atoms with Crippen LogP contribution in [0.5, 0.6) is 0 Å². The van der Waals surface area contributed by atoms with Gasteiger partial charge in [0.15, 0.2) is 5.82 Å². The number of rotatable bonds is 5. The van der Waals surface area contributed by atoms with Gasteiger partial charge < -0.3 is 19.3 Å². The van der Waals surface area contributed by atoms with Gasteiger partial charge in [-0.2, -0.15) is 11.8 Å². The molecule has 0 radical (unpaired) electrons. The number of methoxy groups -OCH3 is 1. The predicted molar refractivity (Wildman–Crippen MR) is 104 cm³/mol. The number of thioether (sulfide) groups is 1. The summed E-state index contributed by atoms with van der Waals surface area (Å²) < 4.78 is 37.4. The lowest BCUT2D eigenvalue weighted by molar-refractivity contribution is 0.0694. The number of halogens is 2. The lowest BCUT2D eigenvalue weighted by Gasteiger charge is -2.22. The summed E-state index contributed by atoms with van der Waals surface area (Å²) in [7, 11) is 1.57. The molecule has 6 nitrogen and oxygen atoms in total. The number of hydrogen-bond donors (Lipinski definition) is 1. The van der Waals surface area contributed by atoms with Crippen LogP contribution in [0.1, 0.15) is 29.2 Å². The Hall–Kier alpha value is -2.13. The summed E-state index contributed by atoms with van der Waals surface area (Å²) in [4.78, 5) is 25.6.